The van der Waals surface area contributed by atoms with Crippen LogP contribution in [-0.2, 0) is 0 Å². The summed E-state index contributed by atoms with van der Waals surface area (Å²) in [4.78, 5) is 13.0. The minimum Gasteiger partial charge on any atom is -0.493 e. The number of ether oxygens (including phenoxy) is 3. The summed E-state index contributed by atoms with van der Waals surface area (Å²) in [5, 5.41) is 6.02. The molecule has 8 heteroatoms. The third-order valence-electron chi connectivity index (χ3n) is 4.51. The van der Waals surface area contributed by atoms with Crippen LogP contribution in [0.2, 0.25) is 0 Å². The van der Waals surface area contributed by atoms with Gasteiger partial charge in [-0.1, -0.05) is 12.1 Å². The molecule has 3 aromatic rings. The molecule has 2 N–H and O–H groups in total. The van der Waals surface area contributed by atoms with E-state index in [0.29, 0.717) is 34.1 Å². The van der Waals surface area contributed by atoms with Crippen LogP contribution in [0.5, 0.6) is 17.2 Å². The smallest absolute Gasteiger partial charge is 0.387 e. The summed E-state index contributed by atoms with van der Waals surface area (Å²) >= 11 is 0. The van der Waals surface area contributed by atoms with Crippen LogP contribution in [-0.4, -0.2) is 26.7 Å². The number of methoxy groups -OCH3 is 2. The zero-order valence-electron chi connectivity index (χ0n) is 17.2. The van der Waals surface area contributed by atoms with Gasteiger partial charge in [-0.2, -0.15) is 8.78 Å². The van der Waals surface area contributed by atoms with E-state index in [1.165, 1.54) is 19.2 Å². The topological polar surface area (TPSA) is 68.8 Å². The normalized spacial score (nSPS) is 10.5. The van der Waals surface area contributed by atoms with Crippen LogP contribution in [0.25, 0.3) is 0 Å². The van der Waals surface area contributed by atoms with E-state index < -0.39 is 6.61 Å². The van der Waals surface area contributed by atoms with Crippen LogP contribution in [0.3, 0.4) is 0 Å². The lowest BCUT2D eigenvalue weighted by Crippen LogP contribution is -2.15. The van der Waals surface area contributed by atoms with Crippen LogP contribution in [0.15, 0.2) is 60.7 Å². The predicted molar refractivity (Wildman–Crippen MR) is 115 cm³/mol. The highest BCUT2D eigenvalue weighted by Crippen LogP contribution is 2.33. The number of anilines is 3. The van der Waals surface area contributed by atoms with E-state index >= 15 is 0 Å². The fraction of sp³-hybridized carbons (Fsp3) is 0.174. The van der Waals surface area contributed by atoms with Gasteiger partial charge in [0.15, 0.2) is 11.5 Å². The van der Waals surface area contributed by atoms with E-state index in [4.69, 9.17) is 9.47 Å². The summed E-state index contributed by atoms with van der Waals surface area (Å²) in [7, 11) is 3.07. The molecule has 0 aliphatic rings. The maximum Gasteiger partial charge on any atom is 0.387 e. The van der Waals surface area contributed by atoms with E-state index in [-0.39, 0.29) is 11.7 Å². The molecule has 0 unspecified atom stereocenters. The molecule has 0 aliphatic carbocycles. The van der Waals surface area contributed by atoms with Crippen LogP contribution < -0.4 is 24.8 Å². The zero-order valence-corrected chi connectivity index (χ0v) is 17.2. The Hall–Kier alpha value is -3.81. The molecule has 0 saturated carbocycles. The molecule has 0 radical (unpaired) electrons. The van der Waals surface area contributed by atoms with Crippen molar-refractivity contribution in [2.75, 3.05) is 24.9 Å². The molecule has 3 rings (SSSR count). The first-order valence-electron chi connectivity index (χ1n) is 9.36. The highest BCUT2D eigenvalue weighted by Gasteiger charge is 2.15. The fourth-order valence-electron chi connectivity index (χ4n) is 2.97. The standard InChI is InChI=1S/C23H22F2N2O4/c1-14-12-20(29-2)21(30-3)13-19(14)27-22(28)17-6-4-5-7-18(17)26-15-8-10-16(11-9-15)31-23(24)25/h4-13,23,26H,1-3H3,(H,27,28). The minimum absolute atomic E-state index is 0.0514. The number of nitrogens with one attached hydrogen (secondary N) is 2. The van der Waals surface area contributed by atoms with Crippen LogP contribution in [0, 0.1) is 6.92 Å². The Morgan fingerprint density at radius 1 is 0.903 bits per heavy atom. The number of aryl methyl sites for hydroxylation is 1. The van der Waals surface area contributed by atoms with Crippen molar-refractivity contribution in [3.8, 4) is 17.2 Å². The second kappa shape index (κ2) is 9.80. The van der Waals surface area contributed by atoms with Gasteiger partial charge in [0.1, 0.15) is 5.75 Å². The molecule has 0 bridgehead atoms. The Labute approximate surface area is 178 Å². The Kier molecular flexibility index (Phi) is 6.92. The number of carbonyl (C=O) groups excluding carboxylic acids is 1. The second-order valence-corrected chi connectivity index (χ2v) is 6.55. The molecule has 0 fully saturated rings. The quantitative estimate of drug-likeness (QED) is 0.488. The number of benzene rings is 3. The maximum absolute atomic E-state index is 13.0. The number of carbonyl (C=O) groups is 1. The fourth-order valence-corrected chi connectivity index (χ4v) is 2.97. The highest BCUT2D eigenvalue weighted by molar-refractivity contribution is 6.08. The first-order valence-corrected chi connectivity index (χ1v) is 9.36. The van der Waals surface area contributed by atoms with E-state index in [9.17, 15) is 13.6 Å². The van der Waals surface area contributed by atoms with E-state index in [1.807, 2.05) is 6.92 Å². The lowest BCUT2D eigenvalue weighted by Gasteiger charge is -2.16. The van der Waals surface area contributed by atoms with E-state index in [2.05, 4.69) is 15.4 Å². The predicted octanol–water partition coefficient (Wildman–Crippen LogP) is 5.61. The van der Waals surface area contributed by atoms with Crippen molar-refractivity contribution >= 4 is 23.0 Å². The summed E-state index contributed by atoms with van der Waals surface area (Å²) in [5.41, 5.74) is 2.98. The molecule has 6 nitrogen and oxygen atoms in total. The average Bonchev–Trinajstić information content (AvgIpc) is 2.76. The SMILES string of the molecule is COc1cc(C)c(NC(=O)c2ccccc2Nc2ccc(OC(F)F)cc2)cc1OC. The maximum atomic E-state index is 13.0. The third-order valence-corrected chi connectivity index (χ3v) is 4.51. The van der Waals surface area contributed by atoms with Crippen LogP contribution in [0.4, 0.5) is 25.8 Å². The van der Waals surface area contributed by atoms with Crippen molar-refractivity contribution in [1.82, 2.24) is 0 Å². The van der Waals surface area contributed by atoms with E-state index in [1.54, 1.807) is 55.6 Å². The number of hydrogen-bond acceptors (Lipinski definition) is 5. The van der Waals surface area contributed by atoms with Gasteiger partial charge in [0, 0.05) is 17.4 Å². The number of rotatable bonds is 8. The Balaban J connectivity index is 1.81. The molecule has 0 atom stereocenters. The molecule has 0 spiro atoms. The molecule has 0 aromatic heterocycles. The first-order chi connectivity index (χ1) is 14.9. The molecule has 3 aromatic carbocycles. The molecule has 1 amide bonds. The zero-order chi connectivity index (χ0) is 22.4. The number of halogens is 2. The van der Waals surface area contributed by atoms with Gasteiger partial charge in [-0.15, -0.1) is 0 Å². The Morgan fingerprint density at radius 2 is 1.55 bits per heavy atom. The van der Waals surface area contributed by atoms with Crippen LogP contribution in [0.1, 0.15) is 15.9 Å². The third kappa shape index (κ3) is 5.42. The minimum atomic E-state index is -2.89. The first kappa shape index (κ1) is 21.9. The van der Waals surface area contributed by atoms with E-state index in [0.717, 1.165) is 5.56 Å². The Bertz CT molecular complexity index is 1060. The lowest BCUT2D eigenvalue weighted by atomic mass is 10.1. The number of alkyl halides is 2. The second-order valence-electron chi connectivity index (χ2n) is 6.55. The van der Waals surface area contributed by atoms with Crippen molar-refractivity contribution in [3.05, 3.63) is 71.8 Å². The average molecular weight is 428 g/mol. The summed E-state index contributed by atoms with van der Waals surface area (Å²) < 4.78 is 39.6. The molecule has 0 saturated heterocycles. The van der Waals surface area contributed by atoms with Gasteiger partial charge < -0.3 is 24.8 Å². The molecule has 0 aliphatic heterocycles. The van der Waals surface area contributed by atoms with Gasteiger partial charge in [0.25, 0.3) is 5.91 Å². The van der Waals surface area contributed by atoms with Gasteiger partial charge in [-0.25, -0.2) is 0 Å². The molecular weight excluding hydrogens is 406 g/mol. The van der Waals surface area contributed by atoms with Crippen molar-refractivity contribution < 1.29 is 27.8 Å². The van der Waals surface area contributed by atoms with Crippen molar-refractivity contribution in [1.29, 1.82) is 0 Å². The van der Waals surface area contributed by atoms with Gasteiger partial charge in [-0.3, -0.25) is 4.79 Å². The monoisotopic (exact) mass is 428 g/mol. The number of para-hydroxylation sites is 1. The summed E-state index contributed by atoms with van der Waals surface area (Å²) in [6.45, 7) is -1.03. The van der Waals surface area contributed by atoms with Crippen molar-refractivity contribution in [3.63, 3.8) is 0 Å². The number of amides is 1. The highest BCUT2D eigenvalue weighted by atomic mass is 19.3. The molecule has 0 heterocycles. The summed E-state index contributed by atoms with van der Waals surface area (Å²) in [6, 6.07) is 16.5. The van der Waals surface area contributed by atoms with Crippen molar-refractivity contribution in [2.45, 2.75) is 13.5 Å². The van der Waals surface area contributed by atoms with Gasteiger partial charge in [-0.05, 0) is 55.0 Å². The van der Waals surface area contributed by atoms with Gasteiger partial charge in [0.2, 0.25) is 0 Å². The molecular formula is C23H22F2N2O4. The van der Waals surface area contributed by atoms with Crippen molar-refractivity contribution in [2.24, 2.45) is 0 Å². The van der Waals surface area contributed by atoms with Gasteiger partial charge in [0.05, 0.1) is 25.5 Å². The lowest BCUT2D eigenvalue weighted by molar-refractivity contribution is -0.0498. The summed E-state index contributed by atoms with van der Waals surface area (Å²) in [6.07, 6.45) is 0. The van der Waals surface area contributed by atoms with Gasteiger partial charge >= 0.3 is 6.61 Å². The van der Waals surface area contributed by atoms with Crippen LogP contribution >= 0.6 is 0 Å². The Morgan fingerprint density at radius 3 is 2.19 bits per heavy atom. The largest absolute Gasteiger partial charge is 0.493 e. The molecule has 31 heavy (non-hydrogen) atoms. The molecule has 162 valence electrons. The number of hydrogen-bond donors (Lipinski definition) is 2. The summed E-state index contributed by atoms with van der Waals surface area (Å²) in [5.74, 6) is 0.798.